The molecule has 0 saturated carbocycles. The molecule has 1 aromatic heterocycles. The predicted octanol–water partition coefficient (Wildman–Crippen LogP) is 3.32. The van der Waals surface area contributed by atoms with E-state index in [1.807, 2.05) is 13.0 Å². The lowest BCUT2D eigenvalue weighted by Crippen LogP contribution is -2.02. The van der Waals surface area contributed by atoms with Crippen molar-refractivity contribution in [3.63, 3.8) is 0 Å². The number of aryl methyl sites for hydroxylation is 1. The second kappa shape index (κ2) is 7.09. The van der Waals surface area contributed by atoms with E-state index in [9.17, 15) is 0 Å². The minimum absolute atomic E-state index is 0.570. The molecule has 0 unspecified atom stereocenters. The van der Waals surface area contributed by atoms with Crippen molar-refractivity contribution in [1.82, 2.24) is 4.98 Å². The van der Waals surface area contributed by atoms with Crippen molar-refractivity contribution in [1.29, 1.82) is 0 Å². The maximum Gasteiger partial charge on any atom is 0.237 e. The van der Waals surface area contributed by atoms with E-state index in [4.69, 9.17) is 10.5 Å². The average Bonchev–Trinajstić information content (AvgIpc) is 2.26. The molecule has 0 radical (unpaired) electrons. The number of hydrogen-bond acceptors (Lipinski definition) is 3. The van der Waals surface area contributed by atoms with Crippen LogP contribution >= 0.6 is 0 Å². The Morgan fingerprint density at radius 1 is 1.25 bits per heavy atom. The van der Waals surface area contributed by atoms with Crippen molar-refractivity contribution in [2.75, 3.05) is 12.3 Å². The van der Waals surface area contributed by atoms with Crippen LogP contribution in [0.1, 0.15) is 44.6 Å². The van der Waals surface area contributed by atoms with E-state index in [1.54, 1.807) is 6.20 Å². The summed E-state index contributed by atoms with van der Waals surface area (Å²) in [7, 11) is 0. The van der Waals surface area contributed by atoms with Gasteiger partial charge in [0.1, 0.15) is 0 Å². The summed E-state index contributed by atoms with van der Waals surface area (Å²) in [4.78, 5) is 4.16. The number of hydrogen-bond donors (Lipinski definition) is 1. The largest absolute Gasteiger partial charge is 0.476 e. The van der Waals surface area contributed by atoms with Gasteiger partial charge in [-0.05, 0) is 25.0 Å². The summed E-state index contributed by atoms with van der Waals surface area (Å²) in [5.41, 5.74) is 7.49. The average molecular weight is 222 g/mol. The standard InChI is InChI=1S/C13H22N2O/c1-3-4-5-6-7-8-16-13-12(14)9-11(2)10-15-13/h9-10H,3-8,14H2,1-2H3. The first kappa shape index (κ1) is 12.8. The highest BCUT2D eigenvalue weighted by Gasteiger charge is 2.01. The summed E-state index contributed by atoms with van der Waals surface area (Å²) in [6.07, 6.45) is 7.95. The van der Waals surface area contributed by atoms with Gasteiger partial charge in [0.15, 0.2) is 0 Å². The summed E-state index contributed by atoms with van der Waals surface area (Å²) in [6.45, 7) is 4.90. The minimum Gasteiger partial charge on any atom is -0.476 e. The fraction of sp³-hybridized carbons (Fsp3) is 0.615. The van der Waals surface area contributed by atoms with Crippen LogP contribution in [0.15, 0.2) is 12.3 Å². The third-order valence-corrected chi connectivity index (χ3v) is 2.50. The molecule has 3 heteroatoms. The van der Waals surface area contributed by atoms with Gasteiger partial charge in [-0.3, -0.25) is 0 Å². The van der Waals surface area contributed by atoms with E-state index in [-0.39, 0.29) is 0 Å². The third kappa shape index (κ3) is 4.51. The van der Waals surface area contributed by atoms with Crippen molar-refractivity contribution in [3.8, 4) is 5.88 Å². The van der Waals surface area contributed by atoms with Crippen LogP contribution in [0.3, 0.4) is 0 Å². The van der Waals surface area contributed by atoms with Gasteiger partial charge in [-0.15, -0.1) is 0 Å². The quantitative estimate of drug-likeness (QED) is 0.720. The van der Waals surface area contributed by atoms with E-state index < -0.39 is 0 Å². The Morgan fingerprint density at radius 2 is 2.00 bits per heavy atom. The minimum atomic E-state index is 0.570. The van der Waals surface area contributed by atoms with E-state index in [0.717, 1.165) is 12.0 Å². The molecule has 0 aliphatic rings. The molecular weight excluding hydrogens is 200 g/mol. The molecule has 90 valence electrons. The molecule has 0 fully saturated rings. The van der Waals surface area contributed by atoms with Crippen LogP contribution in [0.2, 0.25) is 0 Å². The molecule has 16 heavy (non-hydrogen) atoms. The normalized spacial score (nSPS) is 10.4. The molecule has 0 amide bonds. The van der Waals surface area contributed by atoms with Crippen LogP contribution in [-0.4, -0.2) is 11.6 Å². The number of nitrogen functional groups attached to an aromatic ring is 1. The summed E-state index contributed by atoms with van der Waals surface area (Å²) in [5.74, 6) is 0.570. The lowest BCUT2D eigenvalue weighted by molar-refractivity contribution is 0.295. The van der Waals surface area contributed by atoms with Crippen molar-refractivity contribution in [2.45, 2.75) is 46.0 Å². The molecule has 0 aromatic carbocycles. The Morgan fingerprint density at radius 3 is 2.69 bits per heavy atom. The zero-order valence-corrected chi connectivity index (χ0v) is 10.3. The maximum absolute atomic E-state index is 5.80. The number of rotatable bonds is 7. The molecule has 1 heterocycles. The second-order valence-corrected chi connectivity index (χ2v) is 4.17. The molecule has 2 N–H and O–H groups in total. The molecule has 0 bridgehead atoms. The van der Waals surface area contributed by atoms with Crippen LogP contribution in [0.4, 0.5) is 5.69 Å². The van der Waals surface area contributed by atoms with Gasteiger partial charge >= 0.3 is 0 Å². The fourth-order valence-electron chi connectivity index (χ4n) is 1.57. The molecule has 3 nitrogen and oxygen atoms in total. The third-order valence-electron chi connectivity index (χ3n) is 2.50. The summed E-state index contributed by atoms with van der Waals surface area (Å²) < 4.78 is 5.54. The van der Waals surface area contributed by atoms with E-state index in [0.29, 0.717) is 18.2 Å². The number of nitrogens with two attached hydrogens (primary N) is 1. The molecule has 0 aliphatic heterocycles. The highest BCUT2D eigenvalue weighted by Crippen LogP contribution is 2.18. The number of anilines is 1. The van der Waals surface area contributed by atoms with Crippen LogP contribution in [0, 0.1) is 6.92 Å². The first-order valence-corrected chi connectivity index (χ1v) is 6.09. The maximum atomic E-state index is 5.80. The van der Waals surface area contributed by atoms with Gasteiger partial charge in [-0.2, -0.15) is 0 Å². The van der Waals surface area contributed by atoms with Crippen molar-refractivity contribution >= 4 is 5.69 Å². The highest BCUT2D eigenvalue weighted by atomic mass is 16.5. The van der Waals surface area contributed by atoms with E-state index in [2.05, 4.69) is 11.9 Å². The molecule has 0 saturated heterocycles. The van der Waals surface area contributed by atoms with Gasteiger partial charge in [-0.1, -0.05) is 32.6 Å². The zero-order valence-electron chi connectivity index (χ0n) is 10.3. The molecule has 1 aromatic rings. The van der Waals surface area contributed by atoms with Gasteiger partial charge in [-0.25, -0.2) is 4.98 Å². The van der Waals surface area contributed by atoms with Gasteiger partial charge < -0.3 is 10.5 Å². The molecule has 0 spiro atoms. The molecule has 0 aliphatic carbocycles. The van der Waals surface area contributed by atoms with E-state index in [1.165, 1.54) is 25.7 Å². The monoisotopic (exact) mass is 222 g/mol. The van der Waals surface area contributed by atoms with Gasteiger partial charge in [0.25, 0.3) is 0 Å². The highest BCUT2D eigenvalue weighted by molar-refractivity contribution is 5.49. The first-order chi connectivity index (χ1) is 7.74. The predicted molar refractivity (Wildman–Crippen MR) is 67.6 cm³/mol. The molecular formula is C13H22N2O. The smallest absolute Gasteiger partial charge is 0.237 e. The SMILES string of the molecule is CCCCCCCOc1ncc(C)cc1N. The number of pyridine rings is 1. The lowest BCUT2D eigenvalue weighted by atomic mass is 10.2. The van der Waals surface area contributed by atoms with Gasteiger partial charge in [0.2, 0.25) is 5.88 Å². The fourth-order valence-corrected chi connectivity index (χ4v) is 1.57. The van der Waals surface area contributed by atoms with Crippen LogP contribution in [0.25, 0.3) is 0 Å². The zero-order chi connectivity index (χ0) is 11.8. The number of nitrogens with zero attached hydrogens (tertiary/aromatic N) is 1. The van der Waals surface area contributed by atoms with Crippen molar-refractivity contribution in [2.24, 2.45) is 0 Å². The van der Waals surface area contributed by atoms with Crippen molar-refractivity contribution < 1.29 is 4.74 Å². The first-order valence-electron chi connectivity index (χ1n) is 6.09. The van der Waals surface area contributed by atoms with Gasteiger partial charge in [0.05, 0.1) is 12.3 Å². The number of unbranched alkanes of at least 4 members (excludes halogenated alkanes) is 4. The summed E-state index contributed by atoms with van der Waals surface area (Å²) in [6, 6.07) is 1.89. The Labute approximate surface area is 98.0 Å². The van der Waals surface area contributed by atoms with Crippen molar-refractivity contribution in [3.05, 3.63) is 17.8 Å². The lowest BCUT2D eigenvalue weighted by Gasteiger charge is -2.07. The van der Waals surface area contributed by atoms with E-state index >= 15 is 0 Å². The molecule has 0 atom stereocenters. The Hall–Kier alpha value is -1.25. The van der Waals surface area contributed by atoms with Gasteiger partial charge in [0, 0.05) is 6.20 Å². The van der Waals surface area contributed by atoms with Crippen LogP contribution in [0.5, 0.6) is 5.88 Å². The Kier molecular flexibility index (Phi) is 5.68. The van der Waals surface area contributed by atoms with Crippen LogP contribution < -0.4 is 10.5 Å². The van der Waals surface area contributed by atoms with Crippen LogP contribution in [-0.2, 0) is 0 Å². The second-order valence-electron chi connectivity index (χ2n) is 4.17. The number of aromatic nitrogens is 1. The summed E-state index contributed by atoms with van der Waals surface area (Å²) >= 11 is 0. The Balaban J connectivity index is 2.21. The Bertz CT molecular complexity index is 313. The molecule has 1 rings (SSSR count). The topological polar surface area (TPSA) is 48.1 Å². The summed E-state index contributed by atoms with van der Waals surface area (Å²) in [5, 5.41) is 0. The number of ether oxygens (including phenoxy) is 1.